The third kappa shape index (κ3) is 4.60. The van der Waals surface area contributed by atoms with Crippen molar-refractivity contribution in [3.8, 4) is 0 Å². The molecule has 1 N–H and O–H groups in total. The van der Waals surface area contributed by atoms with E-state index in [0.29, 0.717) is 0 Å². The fourth-order valence-corrected chi connectivity index (χ4v) is 0.732. The minimum atomic E-state index is -0.922. The van der Waals surface area contributed by atoms with Crippen LogP contribution in [0, 0.1) is 39.9 Å². The van der Waals surface area contributed by atoms with Gasteiger partial charge < -0.3 is 5.11 Å². The molecule has 0 atom stereocenters. The molecule has 0 aliphatic rings. The second-order valence-corrected chi connectivity index (χ2v) is 2.08. The molecule has 3 heteroatoms. The summed E-state index contributed by atoms with van der Waals surface area (Å²) in [7, 11) is 0. The number of rotatable bonds is 2. The molecule has 1 aromatic carbocycles. The molecule has 12 heavy (non-hydrogen) atoms. The average Bonchev–Trinajstić information content (AvgIpc) is 2.03. The first-order valence-corrected chi connectivity index (χ1v) is 3.25. The maximum absolute atomic E-state index is 10.1. The number of carbonyl (C=O) groups is 1. The van der Waals surface area contributed by atoms with Crippen LogP contribution in [0.2, 0.25) is 0 Å². The van der Waals surface area contributed by atoms with Gasteiger partial charge in [0.2, 0.25) is 0 Å². The molecule has 0 aromatic heterocycles. The maximum Gasteiger partial charge on any atom is 0.328 e. The molecule has 0 unspecified atom stereocenters. The number of carboxylic acid groups (broad SMARTS) is 1. The average molecular weight is 305 g/mol. The number of carboxylic acids is 1. The molecule has 0 heterocycles. The van der Waals surface area contributed by atoms with Crippen LogP contribution in [0.1, 0.15) is 5.56 Å². The first-order chi connectivity index (χ1) is 5.29. The Bertz CT molecular complexity index is 267. The molecule has 1 aromatic rings. The third-order valence-electron chi connectivity index (χ3n) is 1.22. The number of hydrogen-bond acceptors (Lipinski definition) is 1. The van der Waals surface area contributed by atoms with Crippen molar-refractivity contribution in [1.82, 2.24) is 0 Å². The molecule has 0 saturated heterocycles. The van der Waals surface area contributed by atoms with Gasteiger partial charge >= 0.3 is 5.97 Å². The molecule has 0 aliphatic heterocycles. The minimum absolute atomic E-state index is 0. The van der Waals surface area contributed by atoms with Crippen molar-refractivity contribution in [3.63, 3.8) is 0 Å². The van der Waals surface area contributed by atoms with Crippen LogP contribution in [0.15, 0.2) is 36.4 Å². The molecular weight excluding hydrogens is 297 g/mol. The van der Waals surface area contributed by atoms with E-state index in [0.717, 1.165) is 11.6 Å². The molecule has 64 valence electrons. The molecule has 1 rings (SSSR count). The van der Waals surface area contributed by atoms with Gasteiger partial charge in [0.1, 0.15) is 0 Å². The van der Waals surface area contributed by atoms with E-state index in [1.54, 1.807) is 6.08 Å². The zero-order valence-corrected chi connectivity index (χ0v) is 8.52. The monoisotopic (exact) mass is 306 g/mol. The number of benzene rings is 1. The van der Waals surface area contributed by atoms with Crippen molar-refractivity contribution in [2.24, 2.45) is 0 Å². The molecule has 0 aliphatic carbocycles. The fraction of sp³-hybridized carbons (Fsp3) is 0. The summed E-state index contributed by atoms with van der Waals surface area (Å²) >= 11 is 0. The van der Waals surface area contributed by atoms with Crippen molar-refractivity contribution >= 4 is 12.0 Å². The molecule has 0 bridgehead atoms. The van der Waals surface area contributed by atoms with Crippen molar-refractivity contribution in [2.75, 3.05) is 0 Å². The second-order valence-electron chi connectivity index (χ2n) is 2.08. The summed E-state index contributed by atoms with van der Waals surface area (Å²) < 4.78 is 0. The largest absolute Gasteiger partial charge is 0.478 e. The summed E-state index contributed by atoms with van der Waals surface area (Å²) in [4.78, 5) is 10.1. The predicted octanol–water partition coefficient (Wildman–Crippen LogP) is 1.78. The van der Waals surface area contributed by atoms with Gasteiger partial charge in [0.25, 0.3) is 0 Å². The normalized spacial score (nSPS) is 9.33. The quantitative estimate of drug-likeness (QED) is 0.846. The van der Waals surface area contributed by atoms with Gasteiger partial charge in [0.05, 0.1) is 0 Å². The Kier molecular flexibility index (Phi) is 6.16. The first kappa shape index (κ1) is 11.8. The summed E-state index contributed by atoms with van der Waals surface area (Å²) in [6.07, 6.45) is 2.68. The number of aliphatic carboxylic acids is 1. The fourth-order valence-electron chi connectivity index (χ4n) is 0.732. The van der Waals surface area contributed by atoms with Crippen molar-refractivity contribution in [1.29, 1.82) is 0 Å². The van der Waals surface area contributed by atoms with Gasteiger partial charge in [-0.05, 0) is 11.6 Å². The number of hydrogen-bond donors (Lipinski definition) is 1. The second kappa shape index (κ2) is 6.29. The molecule has 0 amide bonds. The Morgan fingerprint density at radius 3 is 2.33 bits per heavy atom. The van der Waals surface area contributed by atoms with Crippen LogP contribution in [-0.4, -0.2) is 11.1 Å². The summed E-state index contributed by atoms with van der Waals surface area (Å²) in [5, 5.41) is 8.29. The van der Waals surface area contributed by atoms with Crippen LogP contribution in [0.25, 0.3) is 6.08 Å². The summed E-state index contributed by atoms with van der Waals surface area (Å²) in [6.45, 7) is 0. The van der Waals surface area contributed by atoms with Gasteiger partial charge in [0.15, 0.2) is 0 Å². The van der Waals surface area contributed by atoms with E-state index >= 15 is 0 Å². The minimum Gasteiger partial charge on any atom is -0.478 e. The summed E-state index contributed by atoms with van der Waals surface area (Å²) in [6, 6.07) is 9.31. The zero-order valence-electron chi connectivity index (χ0n) is 6.25. The molecule has 0 radical (unpaired) electrons. The van der Waals surface area contributed by atoms with Crippen molar-refractivity contribution < 1.29 is 49.8 Å². The van der Waals surface area contributed by atoms with Gasteiger partial charge in [-0.15, -0.1) is 0 Å². The Hall–Kier alpha value is -0.245. The van der Waals surface area contributed by atoms with E-state index in [4.69, 9.17) is 5.11 Å². The van der Waals surface area contributed by atoms with E-state index in [1.807, 2.05) is 30.3 Å². The van der Waals surface area contributed by atoms with Crippen LogP contribution in [0.3, 0.4) is 0 Å². The Morgan fingerprint density at radius 2 is 1.83 bits per heavy atom. The Labute approximate surface area is 103 Å². The molecule has 2 nitrogen and oxygen atoms in total. The first-order valence-electron chi connectivity index (χ1n) is 3.25. The molecule has 0 fully saturated rings. The van der Waals surface area contributed by atoms with E-state index in [9.17, 15) is 4.79 Å². The van der Waals surface area contributed by atoms with Crippen LogP contribution < -0.4 is 0 Å². The van der Waals surface area contributed by atoms with Gasteiger partial charge in [-0.3, -0.25) is 0 Å². The Balaban J connectivity index is 0.00000121. The third-order valence-corrected chi connectivity index (χ3v) is 1.22. The van der Waals surface area contributed by atoms with Crippen LogP contribution >= 0.6 is 0 Å². The van der Waals surface area contributed by atoms with Gasteiger partial charge in [-0.1, -0.05) is 30.3 Å². The standard InChI is InChI=1S/C9H8O2.Gd/c10-9(11)7-6-8-4-2-1-3-5-8;/h1-7H,(H,10,11);. The van der Waals surface area contributed by atoms with E-state index in [1.165, 1.54) is 0 Å². The predicted molar refractivity (Wildman–Crippen MR) is 43.1 cm³/mol. The Morgan fingerprint density at radius 1 is 1.25 bits per heavy atom. The van der Waals surface area contributed by atoms with Crippen LogP contribution in [0.5, 0.6) is 0 Å². The maximum atomic E-state index is 10.1. The van der Waals surface area contributed by atoms with Crippen molar-refractivity contribution in [3.05, 3.63) is 42.0 Å². The van der Waals surface area contributed by atoms with Gasteiger partial charge in [-0.25, -0.2) is 4.79 Å². The van der Waals surface area contributed by atoms with E-state index in [2.05, 4.69) is 0 Å². The van der Waals surface area contributed by atoms with Crippen LogP contribution in [0.4, 0.5) is 0 Å². The topological polar surface area (TPSA) is 37.3 Å². The van der Waals surface area contributed by atoms with E-state index in [-0.39, 0.29) is 39.9 Å². The summed E-state index contributed by atoms with van der Waals surface area (Å²) in [5.41, 5.74) is 0.898. The molecule has 0 spiro atoms. The zero-order chi connectivity index (χ0) is 8.10. The summed E-state index contributed by atoms with van der Waals surface area (Å²) in [5.74, 6) is -0.922. The van der Waals surface area contributed by atoms with Gasteiger partial charge in [0, 0.05) is 46.0 Å². The SMILES string of the molecule is O=C(O)C=Cc1ccccc1.[Gd]. The van der Waals surface area contributed by atoms with E-state index < -0.39 is 5.97 Å². The van der Waals surface area contributed by atoms with Crippen molar-refractivity contribution in [2.45, 2.75) is 0 Å². The van der Waals surface area contributed by atoms with Crippen LogP contribution in [-0.2, 0) is 4.79 Å². The molecule has 0 saturated carbocycles. The molecular formula is C9H8GdO2. The smallest absolute Gasteiger partial charge is 0.328 e. The van der Waals surface area contributed by atoms with Gasteiger partial charge in [-0.2, -0.15) is 0 Å².